The maximum Gasteiger partial charge on any atom is 0.235 e. The smallest absolute Gasteiger partial charge is 0.211 e. The van der Waals surface area contributed by atoms with Crippen molar-refractivity contribution in [1.29, 1.82) is 0 Å². The monoisotopic (exact) mass is 99.0 g/mol. The molecule has 0 aromatic carbocycles. The zero-order chi connectivity index (χ0) is 4.83. The molecule has 2 nitrogen and oxygen atoms in total. The fraction of sp³-hybridized carbons (Fsp3) is 0.500. The Labute approximate surface area is 41.3 Å². The highest BCUT2D eigenvalue weighted by molar-refractivity contribution is 8.19. The Hall–Kier alpha value is -0.205. The van der Waals surface area contributed by atoms with Gasteiger partial charge in [-0.1, -0.05) is 0 Å². The number of hydrogen-bond donors (Lipinski definition) is 0. The second-order valence-corrected chi connectivity index (χ2v) is 1.14. The fourth-order valence-electron chi connectivity index (χ4n) is 0.0636. The Balaban J connectivity index is 2.86. The Morgan fingerprint density at radius 1 is 2.00 bits per heavy atom. The van der Waals surface area contributed by atoms with Gasteiger partial charge in [0.05, 0.1) is 5.88 Å². The quantitative estimate of drug-likeness (QED) is 0.279. The zero-order valence-electron chi connectivity index (χ0n) is 3.05. The van der Waals surface area contributed by atoms with E-state index >= 15 is 0 Å². The first-order chi connectivity index (χ1) is 2.91. The van der Waals surface area contributed by atoms with Crippen molar-refractivity contribution in [2.45, 2.75) is 0 Å². The van der Waals surface area contributed by atoms with Crippen molar-refractivity contribution in [3.8, 4) is 0 Å². The molecule has 6 heavy (non-hydrogen) atoms. The summed E-state index contributed by atoms with van der Waals surface area (Å²) in [7, 11) is 4.86. The van der Waals surface area contributed by atoms with E-state index in [1.54, 1.807) is 0 Å². The van der Waals surface area contributed by atoms with Gasteiger partial charge < -0.3 is 0 Å². The molecule has 4 heteroatoms. The van der Waals surface area contributed by atoms with Crippen LogP contribution >= 0.6 is 11.6 Å². The second kappa shape index (κ2) is 4.79. The number of isocyanates is 1. The van der Waals surface area contributed by atoms with Crippen molar-refractivity contribution in [1.82, 2.24) is 0 Å². The molecule has 0 unspecified atom stereocenters. The molecule has 0 heterocycles. The molecule has 0 aromatic rings. The molecule has 0 fully saturated rings. The zero-order valence-corrected chi connectivity index (χ0v) is 3.86. The van der Waals surface area contributed by atoms with Gasteiger partial charge in [-0.15, -0.1) is 0 Å². The molecule has 0 aromatic heterocycles. The summed E-state index contributed by atoms with van der Waals surface area (Å²) < 4.78 is 0. The lowest BCUT2D eigenvalue weighted by Crippen LogP contribution is -1.63. The van der Waals surface area contributed by atoms with Crippen molar-refractivity contribution in [3.05, 3.63) is 0 Å². The van der Waals surface area contributed by atoms with Crippen LogP contribution in [0.1, 0.15) is 0 Å². The summed E-state index contributed by atoms with van der Waals surface area (Å²) in [6, 6.07) is 0. The summed E-state index contributed by atoms with van der Waals surface area (Å²) in [5.74, 6) is 0.309. The minimum atomic E-state index is 0.309. The third-order valence-electron chi connectivity index (χ3n) is 0.204. The maximum absolute atomic E-state index is 9.20. The Bertz CT molecular complexity index is 69.9. The van der Waals surface area contributed by atoms with Gasteiger partial charge in [0.25, 0.3) is 0 Å². The number of carbonyl (C=O) groups excluding carboxylic acids is 1. The molecule has 0 aliphatic rings. The standard InChI is InChI=1S/C2H2BNOS/c3-6-2-4-1-5/h2H2. The molecule has 30 valence electrons. The van der Waals surface area contributed by atoms with Crippen LogP contribution in [0.15, 0.2) is 4.99 Å². The van der Waals surface area contributed by atoms with Crippen LogP contribution in [0.5, 0.6) is 0 Å². The van der Waals surface area contributed by atoms with Gasteiger partial charge in [0, 0.05) is 0 Å². The van der Waals surface area contributed by atoms with Gasteiger partial charge in [0.1, 0.15) is 0 Å². The summed E-state index contributed by atoms with van der Waals surface area (Å²) in [6.45, 7) is 0. The third-order valence-corrected chi connectivity index (χ3v) is 0.482. The van der Waals surface area contributed by atoms with E-state index in [0.717, 1.165) is 11.6 Å². The van der Waals surface area contributed by atoms with Crippen LogP contribution in [0.3, 0.4) is 0 Å². The summed E-state index contributed by atoms with van der Waals surface area (Å²) >= 11 is 0.997. The van der Waals surface area contributed by atoms with E-state index in [-0.39, 0.29) is 0 Å². The van der Waals surface area contributed by atoms with Gasteiger partial charge >= 0.3 is 0 Å². The average molecular weight is 98.9 g/mol. The van der Waals surface area contributed by atoms with Gasteiger partial charge in [-0.05, 0) is 0 Å². The summed E-state index contributed by atoms with van der Waals surface area (Å²) in [5, 5.41) is 0. The fourth-order valence-corrected chi connectivity index (χ4v) is 0.191. The lowest BCUT2D eigenvalue weighted by atomic mass is 10.8. The van der Waals surface area contributed by atoms with Crippen LogP contribution in [-0.2, 0) is 4.79 Å². The molecule has 0 spiro atoms. The van der Waals surface area contributed by atoms with Gasteiger partial charge in [0.2, 0.25) is 6.08 Å². The first-order valence-corrected chi connectivity index (χ1v) is 2.32. The third kappa shape index (κ3) is 3.79. The highest BCUT2D eigenvalue weighted by Gasteiger charge is 1.65. The van der Waals surface area contributed by atoms with E-state index in [1.165, 1.54) is 6.08 Å². The highest BCUT2D eigenvalue weighted by Crippen LogP contribution is 1.85. The lowest BCUT2D eigenvalue weighted by molar-refractivity contribution is 0.564. The molecule has 0 saturated heterocycles. The predicted molar refractivity (Wildman–Crippen MR) is 26.3 cm³/mol. The normalized spacial score (nSPS) is 6.67. The summed E-state index contributed by atoms with van der Waals surface area (Å²) in [6.07, 6.45) is 1.34. The number of rotatable bonds is 2. The minimum Gasteiger partial charge on any atom is -0.211 e. The van der Waals surface area contributed by atoms with Crippen molar-refractivity contribution in [2.24, 2.45) is 4.99 Å². The molecule has 0 rings (SSSR count). The van der Waals surface area contributed by atoms with Crippen LogP contribution in [0.2, 0.25) is 0 Å². The summed E-state index contributed by atoms with van der Waals surface area (Å²) in [4.78, 5) is 12.3. The molecule has 0 aliphatic carbocycles. The Morgan fingerprint density at radius 3 is 2.83 bits per heavy atom. The van der Waals surface area contributed by atoms with E-state index in [2.05, 4.69) is 4.99 Å². The van der Waals surface area contributed by atoms with Crippen molar-refractivity contribution in [3.63, 3.8) is 0 Å². The van der Waals surface area contributed by atoms with Gasteiger partial charge in [-0.25, -0.2) is 16.4 Å². The lowest BCUT2D eigenvalue weighted by Gasteiger charge is -1.73. The first kappa shape index (κ1) is 5.79. The van der Waals surface area contributed by atoms with Crippen LogP contribution in [-0.4, -0.2) is 19.1 Å². The minimum absolute atomic E-state index is 0.309. The van der Waals surface area contributed by atoms with Crippen LogP contribution < -0.4 is 0 Å². The van der Waals surface area contributed by atoms with E-state index in [9.17, 15) is 4.79 Å². The average Bonchev–Trinajstić information content (AvgIpc) is 1.61. The molecule has 0 aliphatic heterocycles. The second-order valence-electron chi connectivity index (χ2n) is 0.545. The van der Waals surface area contributed by atoms with Crippen molar-refractivity contribution < 1.29 is 4.79 Å². The van der Waals surface area contributed by atoms with E-state index in [0.29, 0.717) is 5.88 Å². The van der Waals surface area contributed by atoms with E-state index < -0.39 is 0 Å². The summed E-state index contributed by atoms with van der Waals surface area (Å²) in [5.41, 5.74) is 0. The first-order valence-electron chi connectivity index (χ1n) is 1.27. The molecule has 0 saturated carbocycles. The maximum atomic E-state index is 9.20. The van der Waals surface area contributed by atoms with Crippen molar-refractivity contribution in [2.75, 3.05) is 5.88 Å². The largest absolute Gasteiger partial charge is 0.235 e. The van der Waals surface area contributed by atoms with E-state index in [4.69, 9.17) is 7.12 Å². The van der Waals surface area contributed by atoms with Gasteiger partial charge in [-0.3, -0.25) is 0 Å². The Morgan fingerprint density at radius 2 is 2.67 bits per heavy atom. The number of hydrogen-bond acceptors (Lipinski definition) is 3. The molecule has 0 amide bonds. The predicted octanol–water partition coefficient (Wildman–Crippen LogP) is 0.0964. The SMILES string of the molecule is [B]SCN=C=O. The molecule has 2 radical (unpaired) electrons. The number of nitrogens with zero attached hydrogens (tertiary/aromatic N) is 1. The molecule has 0 bridgehead atoms. The highest BCUT2D eigenvalue weighted by atomic mass is 32.2. The van der Waals surface area contributed by atoms with Gasteiger partial charge in [0.15, 0.2) is 7.12 Å². The molecular weight excluding hydrogens is 96.9 g/mol. The number of aliphatic imine (C=N–C) groups is 1. The molecular formula is C2H2BNOS. The molecule has 0 atom stereocenters. The van der Waals surface area contributed by atoms with E-state index in [1.807, 2.05) is 0 Å². The van der Waals surface area contributed by atoms with Gasteiger partial charge in [-0.2, -0.15) is 4.99 Å². The van der Waals surface area contributed by atoms with Crippen LogP contribution in [0, 0.1) is 0 Å². The topological polar surface area (TPSA) is 29.4 Å². The van der Waals surface area contributed by atoms with Crippen molar-refractivity contribution >= 4 is 24.8 Å². The molecule has 0 N–H and O–H groups in total. The van der Waals surface area contributed by atoms with Crippen LogP contribution in [0.4, 0.5) is 0 Å². The van der Waals surface area contributed by atoms with Crippen LogP contribution in [0.25, 0.3) is 0 Å². The Kier molecular flexibility index (Phi) is 4.63.